The molecule has 0 aliphatic carbocycles. The van der Waals surface area contributed by atoms with Gasteiger partial charge < -0.3 is 10.1 Å². The van der Waals surface area contributed by atoms with Gasteiger partial charge in [-0.15, -0.1) is 0 Å². The molecule has 0 unspecified atom stereocenters. The van der Waals surface area contributed by atoms with Crippen molar-refractivity contribution >= 4 is 28.6 Å². The second-order valence-electron chi connectivity index (χ2n) is 6.96. The lowest BCUT2D eigenvalue weighted by molar-refractivity contribution is -0.111. The number of carbonyl (C=O) groups excluding carboxylic acids is 1. The number of nitrogens with one attached hydrogen (secondary N) is 1. The first-order valence-electron chi connectivity index (χ1n) is 9.74. The first kappa shape index (κ1) is 19.9. The zero-order chi connectivity index (χ0) is 21.6. The van der Waals surface area contributed by atoms with E-state index in [-0.39, 0.29) is 5.91 Å². The predicted molar refractivity (Wildman–Crippen MR) is 122 cm³/mol. The number of ether oxygens (including phenoxy) is 1. The molecule has 0 radical (unpaired) electrons. The van der Waals surface area contributed by atoms with Crippen molar-refractivity contribution in [2.24, 2.45) is 0 Å². The van der Waals surface area contributed by atoms with Crippen molar-refractivity contribution in [2.45, 2.75) is 6.92 Å². The lowest BCUT2D eigenvalue weighted by atomic mass is 10.1. The Morgan fingerprint density at radius 1 is 1.03 bits per heavy atom. The van der Waals surface area contributed by atoms with Crippen molar-refractivity contribution in [1.82, 2.24) is 4.98 Å². The number of amides is 1. The second kappa shape index (κ2) is 8.93. The third-order valence-corrected chi connectivity index (χ3v) is 4.75. The van der Waals surface area contributed by atoms with Gasteiger partial charge in [0, 0.05) is 28.9 Å². The highest BCUT2D eigenvalue weighted by atomic mass is 16.5. The first-order valence-corrected chi connectivity index (χ1v) is 9.74. The van der Waals surface area contributed by atoms with Gasteiger partial charge >= 0.3 is 0 Å². The molecule has 5 heteroatoms. The van der Waals surface area contributed by atoms with Crippen LogP contribution in [0, 0.1) is 18.3 Å². The van der Waals surface area contributed by atoms with E-state index in [2.05, 4.69) is 16.4 Å². The Morgan fingerprint density at radius 2 is 1.81 bits per heavy atom. The zero-order valence-corrected chi connectivity index (χ0v) is 16.9. The summed E-state index contributed by atoms with van der Waals surface area (Å²) in [4.78, 5) is 16.8. The van der Waals surface area contributed by atoms with Gasteiger partial charge in [-0.05, 0) is 67.1 Å². The van der Waals surface area contributed by atoms with Crippen LogP contribution in [0.4, 0.5) is 5.69 Å². The summed E-state index contributed by atoms with van der Waals surface area (Å²) in [5.74, 6) is 1.07. The molecule has 1 aromatic heterocycles. The minimum absolute atomic E-state index is 0.225. The molecule has 5 nitrogen and oxygen atoms in total. The average Bonchev–Trinajstić information content (AvgIpc) is 2.80. The number of pyridine rings is 1. The molecule has 0 bridgehead atoms. The lowest BCUT2D eigenvalue weighted by Gasteiger charge is -2.10. The Kier molecular flexibility index (Phi) is 5.72. The Bertz CT molecular complexity index is 1310. The Hall–Kier alpha value is -4.43. The number of rotatable bonds is 5. The maximum atomic E-state index is 12.4. The van der Waals surface area contributed by atoms with E-state index in [9.17, 15) is 4.79 Å². The molecular formula is C26H19N3O2. The van der Waals surface area contributed by atoms with Gasteiger partial charge in [0.2, 0.25) is 5.91 Å². The van der Waals surface area contributed by atoms with E-state index in [0.717, 1.165) is 22.0 Å². The highest BCUT2D eigenvalue weighted by molar-refractivity contribution is 6.03. The molecule has 4 rings (SSSR count). The third-order valence-electron chi connectivity index (χ3n) is 4.75. The molecule has 31 heavy (non-hydrogen) atoms. The van der Waals surface area contributed by atoms with Crippen LogP contribution in [0.5, 0.6) is 11.5 Å². The quantitative estimate of drug-likeness (QED) is 0.422. The summed E-state index contributed by atoms with van der Waals surface area (Å²) in [5.41, 5.74) is 3.90. The molecular weight excluding hydrogens is 386 g/mol. The minimum Gasteiger partial charge on any atom is -0.457 e. The van der Waals surface area contributed by atoms with Crippen LogP contribution in [0.25, 0.3) is 17.0 Å². The van der Waals surface area contributed by atoms with Gasteiger partial charge in [0.1, 0.15) is 11.5 Å². The number of aromatic nitrogens is 1. The van der Waals surface area contributed by atoms with Crippen molar-refractivity contribution in [3.8, 4) is 17.6 Å². The van der Waals surface area contributed by atoms with Gasteiger partial charge in [-0.2, -0.15) is 5.26 Å². The third kappa shape index (κ3) is 4.77. The van der Waals surface area contributed by atoms with Crippen LogP contribution in [0.3, 0.4) is 0 Å². The van der Waals surface area contributed by atoms with E-state index in [0.29, 0.717) is 22.7 Å². The number of hydrogen-bond donors (Lipinski definition) is 1. The van der Waals surface area contributed by atoms with Crippen molar-refractivity contribution in [3.05, 3.63) is 102 Å². The molecule has 0 atom stereocenters. The van der Waals surface area contributed by atoms with E-state index in [1.54, 1.807) is 48.7 Å². The van der Waals surface area contributed by atoms with Gasteiger partial charge in [-0.3, -0.25) is 9.78 Å². The maximum absolute atomic E-state index is 12.4. The Labute approximate surface area is 180 Å². The molecule has 4 aromatic rings. The van der Waals surface area contributed by atoms with Crippen LogP contribution >= 0.6 is 0 Å². The molecule has 0 saturated carbocycles. The molecule has 0 aliphatic rings. The SMILES string of the molecule is Cc1cc(Oc2ccc(C#N)cc2)ccc1NC(=O)C=Cc1cccc2cccnc12. The van der Waals surface area contributed by atoms with Gasteiger partial charge in [0.25, 0.3) is 0 Å². The molecule has 0 saturated heterocycles. The largest absolute Gasteiger partial charge is 0.457 e. The summed E-state index contributed by atoms with van der Waals surface area (Å²) >= 11 is 0. The molecule has 0 aliphatic heterocycles. The summed E-state index contributed by atoms with van der Waals surface area (Å²) in [6.45, 7) is 1.90. The fourth-order valence-corrected chi connectivity index (χ4v) is 3.18. The number of fused-ring (bicyclic) bond motifs is 1. The van der Waals surface area contributed by atoms with Crippen LogP contribution < -0.4 is 10.1 Å². The Morgan fingerprint density at radius 3 is 2.58 bits per heavy atom. The molecule has 3 aromatic carbocycles. The molecule has 1 heterocycles. The number of hydrogen-bond acceptors (Lipinski definition) is 4. The monoisotopic (exact) mass is 405 g/mol. The van der Waals surface area contributed by atoms with Crippen LogP contribution in [0.15, 0.2) is 85.1 Å². The second-order valence-corrected chi connectivity index (χ2v) is 6.96. The number of anilines is 1. The highest BCUT2D eigenvalue weighted by Gasteiger charge is 2.06. The van der Waals surface area contributed by atoms with Crippen LogP contribution in [-0.4, -0.2) is 10.9 Å². The van der Waals surface area contributed by atoms with Crippen LogP contribution in [-0.2, 0) is 4.79 Å². The van der Waals surface area contributed by atoms with Crippen molar-refractivity contribution < 1.29 is 9.53 Å². The highest BCUT2D eigenvalue weighted by Crippen LogP contribution is 2.26. The van der Waals surface area contributed by atoms with E-state index in [4.69, 9.17) is 10.00 Å². The summed E-state index contributed by atoms with van der Waals surface area (Å²) in [6.07, 6.45) is 5.01. The fraction of sp³-hybridized carbons (Fsp3) is 0.0385. The molecule has 0 spiro atoms. The van der Waals surface area contributed by atoms with Gasteiger partial charge in [0.15, 0.2) is 0 Å². The smallest absolute Gasteiger partial charge is 0.248 e. The van der Waals surface area contributed by atoms with Crippen molar-refractivity contribution in [1.29, 1.82) is 5.26 Å². The number of aryl methyl sites for hydroxylation is 1. The summed E-state index contributed by atoms with van der Waals surface area (Å²) in [6, 6.07) is 24.2. The Balaban J connectivity index is 1.44. The molecule has 0 fully saturated rings. The predicted octanol–water partition coefficient (Wildman–Crippen LogP) is 5.86. The van der Waals surface area contributed by atoms with Crippen LogP contribution in [0.2, 0.25) is 0 Å². The topological polar surface area (TPSA) is 75.0 Å². The minimum atomic E-state index is -0.225. The normalized spacial score (nSPS) is 10.7. The van der Waals surface area contributed by atoms with Gasteiger partial charge in [0.05, 0.1) is 17.1 Å². The number of benzene rings is 3. The first-order chi connectivity index (χ1) is 15.1. The fourth-order valence-electron chi connectivity index (χ4n) is 3.18. The average molecular weight is 405 g/mol. The summed E-state index contributed by atoms with van der Waals surface area (Å²) < 4.78 is 5.82. The number of carbonyl (C=O) groups is 1. The standard InChI is InChI=1S/C26H19N3O2/c1-18-16-23(31-22-10-7-19(17-27)8-11-22)12-13-24(18)29-25(30)14-9-21-5-2-4-20-6-3-15-28-26(20)21/h2-16H,1H3,(H,29,30). The zero-order valence-electron chi connectivity index (χ0n) is 16.9. The van der Waals surface area contributed by atoms with E-state index >= 15 is 0 Å². The van der Waals surface area contributed by atoms with E-state index in [1.807, 2.05) is 43.3 Å². The summed E-state index contributed by atoms with van der Waals surface area (Å²) in [7, 11) is 0. The summed E-state index contributed by atoms with van der Waals surface area (Å²) in [5, 5.41) is 12.8. The van der Waals surface area contributed by atoms with Crippen molar-refractivity contribution in [3.63, 3.8) is 0 Å². The van der Waals surface area contributed by atoms with Crippen LogP contribution in [0.1, 0.15) is 16.7 Å². The van der Waals surface area contributed by atoms with E-state index in [1.165, 1.54) is 6.08 Å². The van der Waals surface area contributed by atoms with Crippen molar-refractivity contribution in [2.75, 3.05) is 5.32 Å². The van der Waals surface area contributed by atoms with Gasteiger partial charge in [-0.1, -0.05) is 24.3 Å². The number of nitrogens with zero attached hydrogens (tertiary/aromatic N) is 2. The van der Waals surface area contributed by atoms with E-state index < -0.39 is 0 Å². The molecule has 1 amide bonds. The molecule has 150 valence electrons. The maximum Gasteiger partial charge on any atom is 0.248 e. The lowest BCUT2D eigenvalue weighted by Crippen LogP contribution is -2.09. The number of para-hydroxylation sites is 1. The number of nitriles is 1. The van der Waals surface area contributed by atoms with Gasteiger partial charge in [-0.25, -0.2) is 0 Å². The molecule has 1 N–H and O–H groups in total.